The lowest BCUT2D eigenvalue weighted by atomic mass is 9.96. The van der Waals surface area contributed by atoms with Crippen LogP contribution in [0.1, 0.15) is 44.2 Å². The molecule has 0 unspecified atom stereocenters. The molecule has 0 radical (unpaired) electrons. The molecule has 2 aliphatic rings. The molecule has 0 aromatic heterocycles. The Labute approximate surface area is 255 Å². The largest absolute Gasteiger partial charge is 0.339 e. The van der Waals surface area contributed by atoms with Crippen LogP contribution in [0.5, 0.6) is 0 Å². The number of amides is 3. The highest BCUT2D eigenvalue weighted by molar-refractivity contribution is 5.96. The second-order valence-electron chi connectivity index (χ2n) is 12.9. The van der Waals surface area contributed by atoms with Crippen molar-refractivity contribution in [2.45, 2.75) is 63.6 Å². The monoisotopic (exact) mass is 580 g/mol. The van der Waals surface area contributed by atoms with Crippen molar-refractivity contribution >= 4 is 28.5 Å². The second kappa shape index (κ2) is 13.1. The van der Waals surface area contributed by atoms with Crippen LogP contribution in [0.15, 0.2) is 84.9 Å². The Bertz CT molecular complexity index is 1470. The van der Waals surface area contributed by atoms with Crippen LogP contribution in [-0.4, -0.2) is 76.7 Å². The van der Waals surface area contributed by atoms with Gasteiger partial charge in [-0.3, -0.25) is 14.4 Å². The summed E-state index contributed by atoms with van der Waals surface area (Å²) in [5, 5.41) is 2.20. The molecule has 0 spiro atoms. The number of likely N-dealkylation sites (N-methyl/N-ethyl adjacent to an activating group) is 1. The van der Waals surface area contributed by atoms with E-state index >= 15 is 0 Å². The maximum Gasteiger partial charge on any atom is 0.246 e. The lowest BCUT2D eigenvalue weighted by molar-refractivity contribution is -0.155. The number of fused-ring (bicyclic) bond motifs is 1. The van der Waals surface area contributed by atoms with Crippen molar-refractivity contribution < 1.29 is 14.4 Å². The minimum Gasteiger partial charge on any atom is -0.339 e. The molecule has 0 bridgehead atoms. The van der Waals surface area contributed by atoms with Crippen LogP contribution in [0.4, 0.5) is 0 Å². The summed E-state index contributed by atoms with van der Waals surface area (Å²) in [6, 6.07) is 22.8. The minimum absolute atomic E-state index is 0.00105. The van der Waals surface area contributed by atoms with Gasteiger partial charge in [-0.25, -0.2) is 0 Å². The number of piperazine rings is 1. The summed E-state index contributed by atoms with van der Waals surface area (Å²) in [6.07, 6.45) is 6.92. The Hall–Kier alpha value is -3.97. The summed E-state index contributed by atoms with van der Waals surface area (Å²) in [6.45, 7) is 5.53. The standard InChI is InChI=1S/C36H44N4O3/c1-36(2,37)19-9-14-33(41)38(3)31(24-28-17-18-29-12-7-8-13-30(29)22-28)35(43)40-21-20-39(25-27-15-16-27)34(42)32(40)23-26-10-5-4-6-11-26/h4-14,17-18,22,27,31-32H,15-16,19-21,23-25,37H2,1-3H3/t31-,32-/m1/s1. The van der Waals surface area contributed by atoms with Gasteiger partial charge in [-0.05, 0) is 67.0 Å². The molecule has 3 amide bonds. The predicted molar refractivity (Wildman–Crippen MR) is 171 cm³/mol. The maximum atomic E-state index is 14.5. The first kappa shape index (κ1) is 30.5. The van der Waals surface area contributed by atoms with E-state index in [0.29, 0.717) is 38.3 Å². The fourth-order valence-electron chi connectivity index (χ4n) is 5.84. The number of hydrogen-bond acceptors (Lipinski definition) is 4. The Morgan fingerprint density at radius 2 is 1.67 bits per heavy atom. The van der Waals surface area contributed by atoms with E-state index in [9.17, 15) is 14.4 Å². The van der Waals surface area contributed by atoms with Gasteiger partial charge in [0.05, 0.1) is 0 Å². The van der Waals surface area contributed by atoms with Crippen molar-refractivity contribution in [1.82, 2.24) is 14.7 Å². The van der Waals surface area contributed by atoms with Crippen LogP contribution in [-0.2, 0) is 27.2 Å². The highest BCUT2D eigenvalue weighted by Gasteiger charge is 2.42. The fraction of sp³-hybridized carbons (Fsp3) is 0.417. The van der Waals surface area contributed by atoms with Gasteiger partial charge in [-0.15, -0.1) is 0 Å². The topological polar surface area (TPSA) is 86.9 Å². The van der Waals surface area contributed by atoms with E-state index in [2.05, 4.69) is 24.3 Å². The molecule has 7 nitrogen and oxygen atoms in total. The number of carbonyl (C=O) groups excluding carboxylic acids is 3. The third-order valence-electron chi connectivity index (χ3n) is 8.56. The van der Waals surface area contributed by atoms with Gasteiger partial charge in [-0.2, -0.15) is 0 Å². The first-order chi connectivity index (χ1) is 20.6. The molecule has 3 aromatic rings. The number of rotatable bonds is 11. The van der Waals surface area contributed by atoms with Crippen molar-refractivity contribution in [3.8, 4) is 0 Å². The third kappa shape index (κ3) is 7.90. The van der Waals surface area contributed by atoms with E-state index in [1.807, 2.05) is 67.3 Å². The van der Waals surface area contributed by atoms with Crippen LogP contribution >= 0.6 is 0 Å². The van der Waals surface area contributed by atoms with Crippen LogP contribution in [0.25, 0.3) is 10.8 Å². The summed E-state index contributed by atoms with van der Waals surface area (Å²) in [5.74, 6) is 0.107. The first-order valence-corrected chi connectivity index (χ1v) is 15.4. The molecular formula is C36H44N4O3. The summed E-state index contributed by atoms with van der Waals surface area (Å²) in [4.78, 5) is 47.1. The summed E-state index contributed by atoms with van der Waals surface area (Å²) in [5.41, 5.74) is 7.64. The Balaban J connectivity index is 1.45. The van der Waals surface area contributed by atoms with Crippen LogP contribution < -0.4 is 5.73 Å². The zero-order valence-electron chi connectivity index (χ0n) is 25.6. The summed E-state index contributed by atoms with van der Waals surface area (Å²) >= 11 is 0. The second-order valence-corrected chi connectivity index (χ2v) is 12.9. The number of carbonyl (C=O) groups is 3. The van der Waals surface area contributed by atoms with Gasteiger partial charge < -0.3 is 20.4 Å². The van der Waals surface area contributed by atoms with E-state index in [1.54, 1.807) is 18.0 Å². The number of nitrogens with zero attached hydrogens (tertiary/aromatic N) is 3. The average Bonchev–Trinajstić information content (AvgIpc) is 3.81. The lowest BCUT2D eigenvalue weighted by Gasteiger charge is -2.43. The van der Waals surface area contributed by atoms with E-state index < -0.39 is 17.6 Å². The predicted octanol–water partition coefficient (Wildman–Crippen LogP) is 4.59. The lowest BCUT2D eigenvalue weighted by Crippen LogP contribution is -2.63. The molecule has 1 heterocycles. The molecule has 2 atom stereocenters. The zero-order chi connectivity index (χ0) is 30.6. The molecule has 5 rings (SSSR count). The molecule has 3 aromatic carbocycles. The summed E-state index contributed by atoms with van der Waals surface area (Å²) < 4.78 is 0. The molecule has 226 valence electrons. The normalized spacial score (nSPS) is 18.3. The third-order valence-corrected chi connectivity index (χ3v) is 8.56. The van der Waals surface area contributed by atoms with E-state index in [-0.39, 0.29) is 17.7 Å². The summed E-state index contributed by atoms with van der Waals surface area (Å²) in [7, 11) is 1.68. The molecular weight excluding hydrogens is 536 g/mol. The van der Waals surface area contributed by atoms with Crippen molar-refractivity contribution in [2.75, 3.05) is 26.7 Å². The number of hydrogen-bond donors (Lipinski definition) is 1. The van der Waals surface area contributed by atoms with E-state index in [0.717, 1.165) is 41.3 Å². The van der Waals surface area contributed by atoms with Gasteiger partial charge in [0.2, 0.25) is 17.7 Å². The van der Waals surface area contributed by atoms with Gasteiger partial charge in [0.15, 0.2) is 0 Å². The average molecular weight is 581 g/mol. The van der Waals surface area contributed by atoms with Crippen LogP contribution in [0, 0.1) is 5.92 Å². The maximum absolute atomic E-state index is 14.5. The Morgan fingerprint density at radius 1 is 0.977 bits per heavy atom. The van der Waals surface area contributed by atoms with E-state index in [4.69, 9.17) is 5.73 Å². The minimum atomic E-state index is -0.773. The van der Waals surface area contributed by atoms with Gasteiger partial charge in [0.25, 0.3) is 0 Å². The molecule has 2 fully saturated rings. The Morgan fingerprint density at radius 3 is 2.37 bits per heavy atom. The molecule has 1 saturated heterocycles. The molecule has 1 aliphatic carbocycles. The molecule has 7 heteroatoms. The van der Waals surface area contributed by atoms with Gasteiger partial charge in [0, 0.05) is 45.1 Å². The highest BCUT2D eigenvalue weighted by Crippen LogP contribution is 2.31. The Kier molecular flexibility index (Phi) is 9.31. The van der Waals surface area contributed by atoms with Crippen molar-refractivity contribution in [1.29, 1.82) is 0 Å². The highest BCUT2D eigenvalue weighted by atomic mass is 16.2. The van der Waals surface area contributed by atoms with Gasteiger partial charge in [0.1, 0.15) is 12.1 Å². The van der Waals surface area contributed by atoms with E-state index in [1.165, 1.54) is 11.0 Å². The number of nitrogens with two attached hydrogens (primary N) is 1. The molecule has 2 N–H and O–H groups in total. The molecule has 43 heavy (non-hydrogen) atoms. The van der Waals surface area contributed by atoms with Gasteiger partial charge in [-0.1, -0.05) is 78.9 Å². The number of benzene rings is 3. The smallest absolute Gasteiger partial charge is 0.246 e. The van der Waals surface area contributed by atoms with Crippen molar-refractivity contribution in [2.24, 2.45) is 11.7 Å². The zero-order valence-corrected chi connectivity index (χ0v) is 25.6. The fourth-order valence-corrected chi connectivity index (χ4v) is 5.84. The molecule has 1 saturated carbocycles. The first-order valence-electron chi connectivity index (χ1n) is 15.4. The van der Waals surface area contributed by atoms with Crippen molar-refractivity contribution in [3.63, 3.8) is 0 Å². The van der Waals surface area contributed by atoms with Crippen molar-refractivity contribution in [3.05, 3.63) is 96.1 Å². The van der Waals surface area contributed by atoms with Gasteiger partial charge >= 0.3 is 0 Å². The molecule has 1 aliphatic heterocycles. The quantitative estimate of drug-likeness (QED) is 0.336. The van der Waals surface area contributed by atoms with Crippen LogP contribution in [0.3, 0.4) is 0 Å². The van der Waals surface area contributed by atoms with Crippen LogP contribution in [0.2, 0.25) is 0 Å². The SMILES string of the molecule is CN(C(=O)C=CCC(C)(C)N)[C@H](Cc1ccc2ccccc2c1)C(=O)N1CCN(CC2CC2)C(=O)[C@H]1Cc1ccccc1.